The van der Waals surface area contributed by atoms with Crippen LogP contribution in [-0.4, -0.2) is 20.3 Å². The van der Waals surface area contributed by atoms with Crippen LogP contribution in [-0.2, 0) is 17.9 Å². The van der Waals surface area contributed by atoms with Crippen LogP contribution >= 0.6 is 0 Å². The average Bonchev–Trinajstić information content (AvgIpc) is 3.19. The highest BCUT2D eigenvalue weighted by Gasteiger charge is 2.13. The minimum atomic E-state index is -0.459. The number of benzene rings is 2. The lowest BCUT2D eigenvalue weighted by Crippen LogP contribution is -2.21. The van der Waals surface area contributed by atoms with Crippen molar-refractivity contribution in [3.63, 3.8) is 0 Å². The van der Waals surface area contributed by atoms with Crippen LogP contribution in [0.4, 0.5) is 5.82 Å². The second-order valence-electron chi connectivity index (χ2n) is 6.60. The molecule has 2 aromatic carbocycles. The van der Waals surface area contributed by atoms with Crippen molar-refractivity contribution in [2.75, 3.05) is 5.32 Å². The molecule has 28 heavy (non-hydrogen) atoms. The molecule has 0 radical (unpaired) electrons. The molecule has 0 saturated carbocycles. The van der Waals surface area contributed by atoms with Gasteiger partial charge in [-0.3, -0.25) is 9.36 Å². The largest absolute Gasteiger partial charge is 0.419 e. The van der Waals surface area contributed by atoms with Gasteiger partial charge in [0.05, 0.1) is 17.8 Å². The summed E-state index contributed by atoms with van der Waals surface area (Å²) in [6.07, 6.45) is 0.152. The van der Waals surface area contributed by atoms with Crippen molar-refractivity contribution in [1.82, 2.24) is 14.3 Å². The standard InChI is InChI=1S/C21H20N4O3/c1-15-13-19(25(23-15)14-16-7-3-2-4-8-16)22-20(26)11-12-24-17-9-5-6-10-18(17)28-21(24)27/h2-10,13H,11-12,14H2,1H3,(H,22,26). The van der Waals surface area contributed by atoms with Gasteiger partial charge in [0.25, 0.3) is 0 Å². The lowest BCUT2D eigenvalue weighted by atomic mass is 10.2. The summed E-state index contributed by atoms with van der Waals surface area (Å²) in [5.41, 5.74) is 3.12. The third-order valence-electron chi connectivity index (χ3n) is 4.48. The number of carbonyl (C=O) groups is 1. The van der Waals surface area contributed by atoms with Crippen molar-refractivity contribution in [1.29, 1.82) is 0 Å². The molecule has 2 aromatic heterocycles. The van der Waals surface area contributed by atoms with E-state index in [2.05, 4.69) is 10.4 Å². The summed E-state index contributed by atoms with van der Waals surface area (Å²) < 4.78 is 8.44. The first-order chi connectivity index (χ1) is 13.6. The zero-order chi connectivity index (χ0) is 19.5. The summed E-state index contributed by atoms with van der Waals surface area (Å²) in [7, 11) is 0. The molecular formula is C21H20N4O3. The van der Waals surface area contributed by atoms with Gasteiger partial charge >= 0.3 is 5.76 Å². The Kier molecular flexibility index (Phi) is 4.80. The third-order valence-corrected chi connectivity index (χ3v) is 4.48. The van der Waals surface area contributed by atoms with Crippen LogP contribution < -0.4 is 11.1 Å². The first-order valence-corrected chi connectivity index (χ1v) is 9.07. The third kappa shape index (κ3) is 3.73. The normalized spacial score (nSPS) is 11.0. The van der Waals surface area contributed by atoms with Crippen LogP contribution in [0.25, 0.3) is 11.1 Å². The van der Waals surface area contributed by atoms with E-state index in [4.69, 9.17) is 4.42 Å². The molecule has 1 N–H and O–H groups in total. The Bertz CT molecular complexity index is 1170. The van der Waals surface area contributed by atoms with Crippen molar-refractivity contribution in [3.8, 4) is 0 Å². The van der Waals surface area contributed by atoms with Crippen molar-refractivity contribution in [2.45, 2.75) is 26.4 Å². The zero-order valence-corrected chi connectivity index (χ0v) is 15.5. The quantitative estimate of drug-likeness (QED) is 0.560. The summed E-state index contributed by atoms with van der Waals surface area (Å²) in [5, 5.41) is 7.35. The van der Waals surface area contributed by atoms with Gasteiger partial charge in [-0.05, 0) is 24.6 Å². The second-order valence-corrected chi connectivity index (χ2v) is 6.60. The molecule has 0 aliphatic carbocycles. The number of nitrogens with zero attached hydrogens (tertiary/aromatic N) is 3. The molecule has 0 fully saturated rings. The van der Waals surface area contributed by atoms with Gasteiger partial charge in [0.1, 0.15) is 5.82 Å². The summed E-state index contributed by atoms with van der Waals surface area (Å²) in [6, 6.07) is 18.9. The van der Waals surface area contributed by atoms with E-state index < -0.39 is 5.76 Å². The van der Waals surface area contributed by atoms with E-state index in [1.165, 1.54) is 4.57 Å². The molecule has 142 valence electrons. The fourth-order valence-electron chi connectivity index (χ4n) is 3.17. The van der Waals surface area contributed by atoms with Crippen LogP contribution in [0.15, 0.2) is 69.9 Å². The number of hydrogen-bond donors (Lipinski definition) is 1. The fourth-order valence-corrected chi connectivity index (χ4v) is 3.17. The highest BCUT2D eigenvalue weighted by atomic mass is 16.4. The molecule has 0 spiro atoms. The number of aryl methyl sites for hydroxylation is 2. The molecule has 2 heterocycles. The predicted octanol–water partition coefficient (Wildman–Crippen LogP) is 3.18. The number of amides is 1. The molecule has 0 saturated heterocycles. The summed E-state index contributed by atoms with van der Waals surface area (Å²) in [4.78, 5) is 24.5. The number of nitrogens with one attached hydrogen (secondary N) is 1. The monoisotopic (exact) mass is 376 g/mol. The van der Waals surface area contributed by atoms with E-state index in [-0.39, 0.29) is 18.9 Å². The SMILES string of the molecule is Cc1cc(NC(=O)CCn2c(=O)oc3ccccc32)n(Cc2ccccc2)n1. The fraction of sp³-hybridized carbons (Fsp3) is 0.190. The predicted molar refractivity (Wildman–Crippen MR) is 106 cm³/mol. The molecule has 0 aliphatic heterocycles. The maximum atomic E-state index is 12.5. The smallest absolute Gasteiger partial charge is 0.408 e. The Morgan fingerprint density at radius 1 is 1.11 bits per heavy atom. The van der Waals surface area contributed by atoms with E-state index in [1.54, 1.807) is 22.9 Å². The number of oxazole rings is 1. The molecule has 7 nitrogen and oxygen atoms in total. The summed E-state index contributed by atoms with van der Waals surface area (Å²) in [6.45, 7) is 2.69. The van der Waals surface area contributed by atoms with Crippen LogP contribution in [0.3, 0.4) is 0 Å². The number of carbonyl (C=O) groups excluding carboxylic acids is 1. The minimum absolute atomic E-state index is 0.152. The lowest BCUT2D eigenvalue weighted by molar-refractivity contribution is -0.116. The number of fused-ring (bicyclic) bond motifs is 1. The number of anilines is 1. The number of aromatic nitrogens is 3. The van der Waals surface area contributed by atoms with Gasteiger partial charge in [-0.1, -0.05) is 42.5 Å². The van der Waals surface area contributed by atoms with Gasteiger partial charge < -0.3 is 9.73 Å². The van der Waals surface area contributed by atoms with Gasteiger partial charge in [-0.15, -0.1) is 0 Å². The van der Waals surface area contributed by atoms with E-state index in [0.717, 1.165) is 11.3 Å². The molecule has 1 amide bonds. The van der Waals surface area contributed by atoms with E-state index in [9.17, 15) is 9.59 Å². The molecule has 4 rings (SSSR count). The van der Waals surface area contributed by atoms with Crippen LogP contribution in [0.5, 0.6) is 0 Å². The lowest BCUT2D eigenvalue weighted by Gasteiger charge is -2.09. The van der Waals surface area contributed by atoms with E-state index in [1.807, 2.05) is 49.4 Å². The Morgan fingerprint density at radius 2 is 1.86 bits per heavy atom. The number of rotatable bonds is 6. The van der Waals surface area contributed by atoms with Gasteiger partial charge in [-0.25, -0.2) is 9.48 Å². The molecule has 7 heteroatoms. The Balaban J connectivity index is 1.45. The van der Waals surface area contributed by atoms with Crippen molar-refractivity contribution >= 4 is 22.8 Å². The van der Waals surface area contributed by atoms with E-state index in [0.29, 0.717) is 23.5 Å². The maximum absolute atomic E-state index is 12.5. The average molecular weight is 376 g/mol. The van der Waals surface area contributed by atoms with Gasteiger partial charge in [0.15, 0.2) is 5.58 Å². The molecule has 0 bridgehead atoms. The van der Waals surface area contributed by atoms with Gasteiger partial charge in [-0.2, -0.15) is 5.10 Å². The van der Waals surface area contributed by atoms with Gasteiger partial charge in [0.2, 0.25) is 5.91 Å². The Labute approximate surface area is 161 Å². The zero-order valence-electron chi connectivity index (χ0n) is 15.5. The maximum Gasteiger partial charge on any atom is 0.419 e. The van der Waals surface area contributed by atoms with E-state index >= 15 is 0 Å². The molecule has 0 atom stereocenters. The highest BCUT2D eigenvalue weighted by Crippen LogP contribution is 2.15. The van der Waals surface area contributed by atoms with Crippen LogP contribution in [0.2, 0.25) is 0 Å². The molecular weight excluding hydrogens is 356 g/mol. The Morgan fingerprint density at radius 3 is 2.68 bits per heavy atom. The highest BCUT2D eigenvalue weighted by molar-refractivity contribution is 5.90. The van der Waals surface area contributed by atoms with Crippen molar-refractivity contribution < 1.29 is 9.21 Å². The summed E-state index contributed by atoms with van der Waals surface area (Å²) in [5.74, 6) is -0.0129. The molecule has 0 unspecified atom stereocenters. The topological polar surface area (TPSA) is 82.1 Å². The number of para-hydroxylation sites is 2. The molecule has 0 aliphatic rings. The van der Waals surface area contributed by atoms with Crippen molar-refractivity contribution in [3.05, 3.63) is 82.5 Å². The minimum Gasteiger partial charge on any atom is -0.408 e. The van der Waals surface area contributed by atoms with Gasteiger partial charge in [0, 0.05) is 19.0 Å². The molecule has 4 aromatic rings. The van der Waals surface area contributed by atoms with Crippen molar-refractivity contribution in [2.24, 2.45) is 0 Å². The summed E-state index contributed by atoms with van der Waals surface area (Å²) >= 11 is 0. The first kappa shape index (κ1) is 17.8. The van der Waals surface area contributed by atoms with Crippen LogP contribution in [0, 0.1) is 6.92 Å². The Hall–Kier alpha value is -3.61. The second kappa shape index (κ2) is 7.56. The number of hydrogen-bond acceptors (Lipinski definition) is 4. The first-order valence-electron chi connectivity index (χ1n) is 9.07. The van der Waals surface area contributed by atoms with Crippen LogP contribution in [0.1, 0.15) is 17.7 Å².